The normalized spacial score (nSPS) is 16.9. The third-order valence-electron chi connectivity index (χ3n) is 3.93. The summed E-state index contributed by atoms with van der Waals surface area (Å²) in [6.07, 6.45) is 4.61. The highest BCUT2D eigenvalue weighted by molar-refractivity contribution is 6.42. The molecule has 1 N–H and O–H groups in total. The van der Waals surface area contributed by atoms with Crippen molar-refractivity contribution in [1.82, 2.24) is 9.88 Å². The molecule has 2 heterocycles. The molecule has 2 amide bonds. The number of nitrogens with one attached hydrogen (secondary N) is 1. The molecule has 5 nitrogen and oxygen atoms in total. The lowest BCUT2D eigenvalue weighted by molar-refractivity contribution is -0.119. The number of hydrogen-bond acceptors (Lipinski definition) is 3. The summed E-state index contributed by atoms with van der Waals surface area (Å²) in [6.45, 7) is 0.535. The molecule has 1 atom stereocenters. The van der Waals surface area contributed by atoms with Crippen molar-refractivity contribution in [2.75, 3.05) is 11.9 Å². The molecule has 24 heavy (non-hydrogen) atoms. The first kappa shape index (κ1) is 16.7. The highest BCUT2D eigenvalue weighted by atomic mass is 35.5. The summed E-state index contributed by atoms with van der Waals surface area (Å²) >= 11 is 11.9. The average molecular weight is 364 g/mol. The quantitative estimate of drug-likeness (QED) is 0.905. The number of carbonyl (C=O) groups is 2. The van der Waals surface area contributed by atoms with Gasteiger partial charge in [0.1, 0.15) is 6.04 Å². The van der Waals surface area contributed by atoms with Gasteiger partial charge in [0.05, 0.1) is 10.0 Å². The van der Waals surface area contributed by atoms with Crippen LogP contribution in [-0.4, -0.2) is 34.3 Å². The van der Waals surface area contributed by atoms with Gasteiger partial charge in [-0.15, -0.1) is 0 Å². The van der Waals surface area contributed by atoms with Crippen LogP contribution >= 0.6 is 23.2 Å². The Balaban J connectivity index is 1.76. The van der Waals surface area contributed by atoms with E-state index in [2.05, 4.69) is 10.3 Å². The Morgan fingerprint density at radius 3 is 2.58 bits per heavy atom. The summed E-state index contributed by atoms with van der Waals surface area (Å²) in [5.74, 6) is -0.423. The molecule has 0 aliphatic carbocycles. The molecule has 0 saturated carbocycles. The number of pyridine rings is 1. The number of likely N-dealkylation sites (tertiary alicyclic amines) is 1. The van der Waals surface area contributed by atoms with Crippen LogP contribution in [0.5, 0.6) is 0 Å². The Bertz CT molecular complexity index is 768. The molecule has 0 bridgehead atoms. The summed E-state index contributed by atoms with van der Waals surface area (Å²) in [7, 11) is 0. The second-order valence-corrected chi connectivity index (χ2v) is 6.33. The second-order valence-electron chi connectivity index (χ2n) is 5.51. The lowest BCUT2D eigenvalue weighted by Crippen LogP contribution is -2.43. The van der Waals surface area contributed by atoms with Gasteiger partial charge in [-0.3, -0.25) is 14.6 Å². The smallest absolute Gasteiger partial charge is 0.254 e. The fourth-order valence-electron chi connectivity index (χ4n) is 2.74. The number of amides is 2. The van der Waals surface area contributed by atoms with E-state index in [-0.39, 0.29) is 11.8 Å². The van der Waals surface area contributed by atoms with E-state index in [1.165, 1.54) is 6.07 Å². The standard InChI is InChI=1S/C17H15Cl2N3O2/c18-13-4-3-11(10-14(13)19)17(24)22-9-1-2-15(22)16(23)21-12-5-7-20-8-6-12/h3-8,10,15H,1-2,9H2,(H,20,21,23). The molecule has 1 aliphatic rings. The molecule has 0 spiro atoms. The van der Waals surface area contributed by atoms with Gasteiger partial charge < -0.3 is 10.2 Å². The number of aromatic nitrogens is 1. The van der Waals surface area contributed by atoms with Gasteiger partial charge >= 0.3 is 0 Å². The minimum Gasteiger partial charge on any atom is -0.327 e. The number of carbonyl (C=O) groups excluding carboxylic acids is 2. The average Bonchev–Trinajstić information content (AvgIpc) is 3.07. The molecule has 1 aliphatic heterocycles. The number of halogens is 2. The Kier molecular flexibility index (Phi) is 5.02. The van der Waals surface area contributed by atoms with Crippen molar-refractivity contribution in [3.63, 3.8) is 0 Å². The van der Waals surface area contributed by atoms with Gasteiger partial charge in [0, 0.05) is 30.2 Å². The summed E-state index contributed by atoms with van der Waals surface area (Å²) < 4.78 is 0. The minimum atomic E-state index is -0.500. The molecule has 1 aromatic carbocycles. The fraction of sp³-hybridized carbons (Fsp3) is 0.235. The van der Waals surface area contributed by atoms with Crippen molar-refractivity contribution in [2.24, 2.45) is 0 Å². The number of nitrogens with zero attached hydrogens (tertiary/aromatic N) is 2. The Morgan fingerprint density at radius 2 is 1.88 bits per heavy atom. The summed E-state index contributed by atoms with van der Waals surface area (Å²) in [5.41, 5.74) is 1.08. The number of anilines is 1. The maximum Gasteiger partial charge on any atom is 0.254 e. The molecule has 1 unspecified atom stereocenters. The van der Waals surface area contributed by atoms with E-state index in [0.717, 1.165) is 6.42 Å². The van der Waals surface area contributed by atoms with E-state index >= 15 is 0 Å². The first-order valence-electron chi connectivity index (χ1n) is 7.53. The van der Waals surface area contributed by atoms with Crippen LogP contribution in [0.2, 0.25) is 10.0 Å². The van der Waals surface area contributed by atoms with Crippen molar-refractivity contribution in [2.45, 2.75) is 18.9 Å². The van der Waals surface area contributed by atoms with Crippen LogP contribution in [-0.2, 0) is 4.79 Å². The van der Waals surface area contributed by atoms with Crippen molar-refractivity contribution in [3.05, 3.63) is 58.3 Å². The van der Waals surface area contributed by atoms with Gasteiger partial charge in [0.2, 0.25) is 5.91 Å². The SMILES string of the molecule is O=C(Nc1ccncc1)C1CCCN1C(=O)c1ccc(Cl)c(Cl)c1. The zero-order valence-corrected chi connectivity index (χ0v) is 14.2. The number of benzene rings is 1. The molecule has 7 heteroatoms. The van der Waals surface area contributed by atoms with Gasteiger partial charge in [-0.25, -0.2) is 0 Å². The maximum absolute atomic E-state index is 12.7. The number of hydrogen-bond donors (Lipinski definition) is 1. The zero-order chi connectivity index (χ0) is 17.1. The van der Waals surface area contributed by atoms with E-state index in [1.807, 2.05) is 0 Å². The summed E-state index contributed by atoms with van der Waals surface area (Å²) in [4.78, 5) is 30.7. The predicted molar refractivity (Wildman–Crippen MR) is 93.4 cm³/mol. The van der Waals surface area contributed by atoms with Crippen LogP contribution < -0.4 is 5.32 Å². The Morgan fingerprint density at radius 1 is 1.12 bits per heavy atom. The third-order valence-corrected chi connectivity index (χ3v) is 4.67. The molecule has 2 aromatic rings. The van der Waals surface area contributed by atoms with Crippen molar-refractivity contribution < 1.29 is 9.59 Å². The first-order valence-corrected chi connectivity index (χ1v) is 8.29. The molecule has 1 aromatic heterocycles. The molecule has 0 radical (unpaired) electrons. The van der Waals surface area contributed by atoms with Crippen LogP contribution in [0.3, 0.4) is 0 Å². The third kappa shape index (κ3) is 3.52. The van der Waals surface area contributed by atoms with E-state index in [1.54, 1.807) is 41.6 Å². The van der Waals surface area contributed by atoms with E-state index < -0.39 is 6.04 Å². The monoisotopic (exact) mass is 363 g/mol. The first-order chi connectivity index (χ1) is 11.6. The summed E-state index contributed by atoms with van der Waals surface area (Å²) in [5, 5.41) is 3.53. The van der Waals surface area contributed by atoms with Crippen LogP contribution in [0.15, 0.2) is 42.7 Å². The highest BCUT2D eigenvalue weighted by Gasteiger charge is 2.34. The molecular formula is C17H15Cl2N3O2. The van der Waals surface area contributed by atoms with Crippen molar-refractivity contribution in [3.8, 4) is 0 Å². The molecule has 1 saturated heterocycles. The maximum atomic E-state index is 12.7. The summed E-state index contributed by atoms with van der Waals surface area (Å²) in [6, 6.07) is 7.64. The lowest BCUT2D eigenvalue weighted by atomic mass is 10.1. The molecular weight excluding hydrogens is 349 g/mol. The van der Waals surface area contributed by atoms with Crippen LogP contribution in [0.25, 0.3) is 0 Å². The molecule has 3 rings (SSSR count). The second kappa shape index (κ2) is 7.20. The van der Waals surface area contributed by atoms with Crippen LogP contribution in [0.1, 0.15) is 23.2 Å². The lowest BCUT2D eigenvalue weighted by Gasteiger charge is -2.24. The van der Waals surface area contributed by atoms with Gasteiger partial charge in [-0.05, 0) is 43.2 Å². The Hall–Kier alpha value is -2.11. The molecule has 1 fully saturated rings. The fourth-order valence-corrected chi connectivity index (χ4v) is 3.04. The van der Waals surface area contributed by atoms with Crippen molar-refractivity contribution >= 4 is 40.7 Å². The van der Waals surface area contributed by atoms with E-state index in [0.29, 0.717) is 34.3 Å². The van der Waals surface area contributed by atoms with Crippen molar-refractivity contribution in [1.29, 1.82) is 0 Å². The molecule has 124 valence electrons. The van der Waals surface area contributed by atoms with Crippen LogP contribution in [0.4, 0.5) is 5.69 Å². The topological polar surface area (TPSA) is 62.3 Å². The largest absolute Gasteiger partial charge is 0.327 e. The Labute approximate surface area is 149 Å². The van der Waals surface area contributed by atoms with Crippen LogP contribution in [0, 0.1) is 0 Å². The van der Waals surface area contributed by atoms with Gasteiger partial charge in [-0.2, -0.15) is 0 Å². The zero-order valence-electron chi connectivity index (χ0n) is 12.7. The van der Waals surface area contributed by atoms with E-state index in [9.17, 15) is 9.59 Å². The van der Waals surface area contributed by atoms with Gasteiger partial charge in [-0.1, -0.05) is 23.2 Å². The predicted octanol–water partition coefficient (Wildman–Crippen LogP) is 3.63. The van der Waals surface area contributed by atoms with Gasteiger partial charge in [0.15, 0.2) is 0 Å². The van der Waals surface area contributed by atoms with Gasteiger partial charge in [0.25, 0.3) is 5.91 Å². The van der Waals surface area contributed by atoms with E-state index in [4.69, 9.17) is 23.2 Å². The number of rotatable bonds is 3. The highest BCUT2D eigenvalue weighted by Crippen LogP contribution is 2.26. The minimum absolute atomic E-state index is 0.202.